The van der Waals surface area contributed by atoms with Crippen molar-refractivity contribution in [2.24, 2.45) is 0 Å². The molecule has 0 bridgehead atoms. The summed E-state index contributed by atoms with van der Waals surface area (Å²) in [6, 6.07) is 14.9. The lowest BCUT2D eigenvalue weighted by atomic mass is 10.1. The molecular formula is C18H13N3O2. The van der Waals surface area contributed by atoms with Crippen LogP contribution >= 0.6 is 0 Å². The van der Waals surface area contributed by atoms with Crippen LogP contribution in [0, 0.1) is 0 Å². The molecule has 0 aliphatic carbocycles. The molecular weight excluding hydrogens is 290 g/mol. The highest BCUT2D eigenvalue weighted by Crippen LogP contribution is 2.21. The Balaban J connectivity index is 1.54. The average molecular weight is 303 g/mol. The molecule has 0 unspecified atom stereocenters. The normalized spacial score (nSPS) is 10.8. The number of carbonyl (C=O) groups excluding carboxylic acids is 1. The first-order valence-corrected chi connectivity index (χ1v) is 7.17. The number of carbonyl (C=O) groups is 1. The van der Waals surface area contributed by atoms with Crippen molar-refractivity contribution in [2.75, 3.05) is 5.32 Å². The number of anilines is 1. The summed E-state index contributed by atoms with van der Waals surface area (Å²) in [6.45, 7) is 0. The molecule has 5 nitrogen and oxygen atoms in total. The molecule has 1 amide bonds. The summed E-state index contributed by atoms with van der Waals surface area (Å²) in [6.07, 6.45) is 4.90. The Kier molecular flexibility index (Phi) is 3.16. The Morgan fingerprint density at radius 3 is 2.74 bits per heavy atom. The number of H-pyrrole nitrogens is 1. The van der Waals surface area contributed by atoms with Crippen molar-refractivity contribution in [3.05, 3.63) is 72.9 Å². The summed E-state index contributed by atoms with van der Waals surface area (Å²) < 4.78 is 5.23. The van der Waals surface area contributed by atoms with Crippen LogP contribution < -0.4 is 5.32 Å². The standard InChI is InChI=1S/C18H13N3O2/c22-18(21-15-5-6-16-14(9-15)7-8-20-16)13-3-1-12(2-4-13)17-10-19-11-23-17/h1-11,20H,(H,21,22). The van der Waals surface area contributed by atoms with Crippen molar-refractivity contribution in [3.8, 4) is 11.3 Å². The fourth-order valence-corrected chi connectivity index (χ4v) is 2.48. The predicted molar refractivity (Wildman–Crippen MR) is 88.2 cm³/mol. The van der Waals surface area contributed by atoms with Gasteiger partial charge >= 0.3 is 0 Å². The van der Waals surface area contributed by atoms with E-state index in [2.05, 4.69) is 15.3 Å². The summed E-state index contributed by atoms with van der Waals surface area (Å²) in [5, 5.41) is 3.96. The molecule has 0 saturated carbocycles. The highest BCUT2D eigenvalue weighted by molar-refractivity contribution is 6.05. The second kappa shape index (κ2) is 5.46. The second-order valence-electron chi connectivity index (χ2n) is 5.18. The Morgan fingerprint density at radius 2 is 1.96 bits per heavy atom. The van der Waals surface area contributed by atoms with Crippen molar-refractivity contribution < 1.29 is 9.21 Å². The molecule has 0 aliphatic rings. The topological polar surface area (TPSA) is 70.9 Å². The second-order valence-corrected chi connectivity index (χ2v) is 5.18. The van der Waals surface area contributed by atoms with Gasteiger partial charge in [0.05, 0.1) is 6.20 Å². The van der Waals surface area contributed by atoms with Gasteiger partial charge in [-0.3, -0.25) is 4.79 Å². The fraction of sp³-hybridized carbons (Fsp3) is 0. The molecule has 0 spiro atoms. The lowest BCUT2D eigenvalue weighted by molar-refractivity contribution is 0.102. The van der Waals surface area contributed by atoms with Crippen LogP contribution in [0.4, 0.5) is 5.69 Å². The third-order valence-corrected chi connectivity index (χ3v) is 3.68. The molecule has 0 atom stereocenters. The van der Waals surface area contributed by atoms with Crippen LogP contribution in [0.3, 0.4) is 0 Å². The van der Waals surface area contributed by atoms with Crippen molar-refractivity contribution in [2.45, 2.75) is 0 Å². The maximum atomic E-state index is 12.3. The van der Waals surface area contributed by atoms with Gasteiger partial charge in [-0.1, -0.05) is 12.1 Å². The van der Waals surface area contributed by atoms with E-state index in [1.165, 1.54) is 6.39 Å². The molecule has 2 aromatic carbocycles. The minimum absolute atomic E-state index is 0.149. The van der Waals surface area contributed by atoms with E-state index >= 15 is 0 Å². The van der Waals surface area contributed by atoms with E-state index < -0.39 is 0 Å². The molecule has 0 aliphatic heterocycles. The van der Waals surface area contributed by atoms with Gasteiger partial charge in [0, 0.05) is 33.9 Å². The van der Waals surface area contributed by atoms with E-state index in [1.54, 1.807) is 18.3 Å². The van der Waals surface area contributed by atoms with Gasteiger partial charge in [-0.05, 0) is 36.4 Å². The van der Waals surface area contributed by atoms with Crippen molar-refractivity contribution in [1.29, 1.82) is 0 Å². The Labute approximate surface area is 132 Å². The number of nitrogens with zero attached hydrogens (tertiary/aromatic N) is 1. The number of nitrogens with one attached hydrogen (secondary N) is 2. The lowest BCUT2D eigenvalue weighted by Gasteiger charge is -2.06. The average Bonchev–Trinajstić information content (AvgIpc) is 3.26. The van der Waals surface area contributed by atoms with Crippen molar-refractivity contribution in [1.82, 2.24) is 9.97 Å². The first-order valence-electron chi connectivity index (χ1n) is 7.17. The third kappa shape index (κ3) is 2.60. The maximum Gasteiger partial charge on any atom is 0.255 e. The summed E-state index contributed by atoms with van der Waals surface area (Å²) in [5.41, 5.74) is 3.27. The minimum atomic E-state index is -0.149. The van der Waals surface area contributed by atoms with Crippen LogP contribution in [0.25, 0.3) is 22.2 Å². The molecule has 0 radical (unpaired) electrons. The summed E-state index contributed by atoms with van der Waals surface area (Å²) in [4.78, 5) is 19.3. The molecule has 112 valence electrons. The molecule has 2 heterocycles. The third-order valence-electron chi connectivity index (χ3n) is 3.68. The van der Waals surface area contributed by atoms with Gasteiger partial charge in [0.15, 0.2) is 12.2 Å². The first kappa shape index (κ1) is 13.3. The van der Waals surface area contributed by atoms with Crippen molar-refractivity contribution >= 4 is 22.5 Å². The van der Waals surface area contributed by atoms with E-state index in [9.17, 15) is 4.79 Å². The molecule has 0 fully saturated rings. The van der Waals surface area contributed by atoms with E-state index in [4.69, 9.17) is 4.42 Å². The number of hydrogen-bond acceptors (Lipinski definition) is 3. The van der Waals surface area contributed by atoms with Gasteiger partial charge in [0.25, 0.3) is 5.91 Å². The zero-order valence-electron chi connectivity index (χ0n) is 12.1. The highest BCUT2D eigenvalue weighted by atomic mass is 16.3. The fourth-order valence-electron chi connectivity index (χ4n) is 2.48. The Morgan fingerprint density at radius 1 is 1.09 bits per heavy atom. The minimum Gasteiger partial charge on any atom is -0.444 e. The largest absolute Gasteiger partial charge is 0.444 e. The van der Waals surface area contributed by atoms with Gasteiger partial charge in [0.1, 0.15) is 0 Å². The number of oxazole rings is 1. The van der Waals surface area contributed by atoms with E-state index in [0.29, 0.717) is 11.3 Å². The summed E-state index contributed by atoms with van der Waals surface area (Å²) >= 11 is 0. The monoisotopic (exact) mass is 303 g/mol. The molecule has 23 heavy (non-hydrogen) atoms. The smallest absolute Gasteiger partial charge is 0.255 e. The van der Waals surface area contributed by atoms with Crippen LogP contribution in [0.5, 0.6) is 0 Å². The van der Waals surface area contributed by atoms with Crippen LogP contribution in [0.2, 0.25) is 0 Å². The van der Waals surface area contributed by atoms with Crippen LogP contribution in [-0.2, 0) is 0 Å². The van der Waals surface area contributed by atoms with Crippen LogP contribution in [0.15, 0.2) is 71.7 Å². The molecule has 5 heteroatoms. The van der Waals surface area contributed by atoms with Gasteiger partial charge in [-0.2, -0.15) is 0 Å². The number of benzene rings is 2. The molecule has 4 rings (SSSR count). The molecule has 2 aromatic heterocycles. The predicted octanol–water partition coefficient (Wildman–Crippen LogP) is 4.08. The zero-order valence-corrected chi connectivity index (χ0v) is 12.1. The van der Waals surface area contributed by atoms with Crippen LogP contribution in [0.1, 0.15) is 10.4 Å². The summed E-state index contributed by atoms with van der Waals surface area (Å²) in [5.74, 6) is 0.527. The van der Waals surface area contributed by atoms with Gasteiger partial charge in [0.2, 0.25) is 0 Å². The van der Waals surface area contributed by atoms with Gasteiger partial charge in [-0.15, -0.1) is 0 Å². The number of fused-ring (bicyclic) bond motifs is 1. The SMILES string of the molecule is O=C(Nc1ccc2[nH]ccc2c1)c1ccc(-c2cnco2)cc1. The first-order chi connectivity index (χ1) is 11.3. The lowest BCUT2D eigenvalue weighted by Crippen LogP contribution is -2.11. The number of aromatic amines is 1. The van der Waals surface area contributed by atoms with Crippen molar-refractivity contribution in [3.63, 3.8) is 0 Å². The molecule has 4 aromatic rings. The zero-order chi connectivity index (χ0) is 15.6. The maximum absolute atomic E-state index is 12.3. The number of amides is 1. The molecule has 2 N–H and O–H groups in total. The number of aromatic nitrogens is 2. The Bertz CT molecular complexity index is 954. The van der Waals surface area contributed by atoms with Gasteiger partial charge < -0.3 is 14.7 Å². The molecule has 0 saturated heterocycles. The highest BCUT2D eigenvalue weighted by Gasteiger charge is 2.08. The van der Waals surface area contributed by atoms with Gasteiger partial charge in [-0.25, -0.2) is 4.98 Å². The quantitative estimate of drug-likeness (QED) is 0.599. The number of hydrogen-bond donors (Lipinski definition) is 2. The van der Waals surface area contributed by atoms with E-state index in [-0.39, 0.29) is 5.91 Å². The van der Waals surface area contributed by atoms with Crippen LogP contribution in [-0.4, -0.2) is 15.9 Å². The van der Waals surface area contributed by atoms with E-state index in [1.807, 2.05) is 42.6 Å². The Hall–Kier alpha value is -3.34. The summed E-state index contributed by atoms with van der Waals surface area (Å²) in [7, 11) is 0. The number of rotatable bonds is 3. The van der Waals surface area contributed by atoms with E-state index in [0.717, 1.165) is 22.2 Å².